The Balaban J connectivity index is 2.17. The number of nitriles is 1. The first-order chi connectivity index (χ1) is 10.7. The Hall–Kier alpha value is -1.57. The molecule has 1 heterocycles. The first-order valence-electron chi connectivity index (χ1n) is 7.19. The summed E-state index contributed by atoms with van der Waals surface area (Å²) in [5, 5.41) is 11.1. The quantitative estimate of drug-likeness (QED) is 0.769. The van der Waals surface area contributed by atoms with Gasteiger partial charge in [-0.05, 0) is 36.8 Å². The average Bonchev–Trinajstić information content (AvgIpc) is 2.54. The Labute approximate surface area is 139 Å². The maximum Gasteiger partial charge on any atom is 0.161 e. The summed E-state index contributed by atoms with van der Waals surface area (Å²) >= 11 is 7.46. The first-order valence-corrected chi connectivity index (χ1v) is 8.80. The van der Waals surface area contributed by atoms with E-state index in [0.29, 0.717) is 11.4 Å². The van der Waals surface area contributed by atoms with E-state index in [4.69, 9.17) is 11.6 Å². The average molecular weight is 331 g/mol. The number of carbonyl (C=O) groups excluding carboxylic acids is 1. The SMILES string of the molecule is CSC1=NC2=C(C(=O)CCC2)[C@H](c2ccc(Cl)cc2)C1C#N. The molecule has 1 aromatic carbocycles. The van der Waals surface area contributed by atoms with Crippen molar-refractivity contribution in [2.24, 2.45) is 10.9 Å². The lowest BCUT2D eigenvalue weighted by molar-refractivity contribution is -0.116. The lowest BCUT2D eigenvalue weighted by atomic mass is 9.74. The lowest BCUT2D eigenvalue weighted by Crippen LogP contribution is -2.30. The second kappa shape index (κ2) is 6.28. The second-order valence-corrected chi connectivity index (χ2v) is 6.69. The third-order valence-corrected chi connectivity index (χ3v) is 5.18. The minimum atomic E-state index is -0.406. The van der Waals surface area contributed by atoms with E-state index in [2.05, 4.69) is 11.1 Å². The fourth-order valence-corrected chi connectivity index (χ4v) is 3.93. The topological polar surface area (TPSA) is 53.2 Å². The van der Waals surface area contributed by atoms with Gasteiger partial charge in [-0.15, -0.1) is 11.8 Å². The van der Waals surface area contributed by atoms with Crippen molar-refractivity contribution < 1.29 is 4.79 Å². The Morgan fingerprint density at radius 1 is 1.32 bits per heavy atom. The number of allylic oxidation sites excluding steroid dienone is 2. The minimum Gasteiger partial charge on any atom is -0.294 e. The van der Waals surface area contributed by atoms with Crippen LogP contribution < -0.4 is 0 Å². The van der Waals surface area contributed by atoms with Gasteiger partial charge in [0.1, 0.15) is 5.92 Å². The van der Waals surface area contributed by atoms with E-state index in [1.54, 1.807) is 0 Å². The van der Waals surface area contributed by atoms with E-state index in [1.165, 1.54) is 11.8 Å². The minimum absolute atomic E-state index is 0.130. The third kappa shape index (κ3) is 2.60. The molecule has 0 saturated heterocycles. The molecule has 3 nitrogen and oxygen atoms in total. The van der Waals surface area contributed by atoms with Crippen LogP contribution in [0.5, 0.6) is 0 Å². The molecule has 0 saturated carbocycles. The number of thioether (sulfide) groups is 1. The number of rotatable bonds is 1. The monoisotopic (exact) mass is 330 g/mol. The van der Waals surface area contributed by atoms with Gasteiger partial charge >= 0.3 is 0 Å². The molecule has 1 unspecified atom stereocenters. The normalized spacial score (nSPS) is 24.6. The van der Waals surface area contributed by atoms with Crippen molar-refractivity contribution in [2.75, 3.05) is 6.26 Å². The van der Waals surface area contributed by atoms with Gasteiger partial charge in [0, 0.05) is 28.6 Å². The van der Waals surface area contributed by atoms with Crippen LogP contribution in [-0.2, 0) is 4.79 Å². The molecule has 112 valence electrons. The summed E-state index contributed by atoms with van der Waals surface area (Å²) in [5.41, 5.74) is 2.56. The summed E-state index contributed by atoms with van der Waals surface area (Å²) in [6.45, 7) is 0. The summed E-state index contributed by atoms with van der Waals surface area (Å²) in [4.78, 5) is 17.1. The number of benzene rings is 1. The van der Waals surface area contributed by atoms with Crippen molar-refractivity contribution in [1.82, 2.24) is 0 Å². The van der Waals surface area contributed by atoms with Gasteiger partial charge < -0.3 is 0 Å². The van der Waals surface area contributed by atoms with Gasteiger partial charge in [0.2, 0.25) is 0 Å². The second-order valence-electron chi connectivity index (χ2n) is 5.43. The number of nitrogens with zero attached hydrogens (tertiary/aromatic N) is 2. The molecule has 5 heteroatoms. The van der Waals surface area contributed by atoms with Gasteiger partial charge in [-0.25, -0.2) is 4.99 Å². The number of halogens is 1. The molecule has 0 fully saturated rings. The van der Waals surface area contributed by atoms with Gasteiger partial charge in [-0.2, -0.15) is 5.26 Å². The molecule has 3 rings (SSSR count). The molecule has 0 bridgehead atoms. The highest BCUT2D eigenvalue weighted by Gasteiger charge is 2.40. The zero-order valence-corrected chi connectivity index (χ0v) is 13.7. The molecular weight excluding hydrogens is 316 g/mol. The smallest absolute Gasteiger partial charge is 0.161 e. The van der Waals surface area contributed by atoms with E-state index >= 15 is 0 Å². The molecular formula is C17H15ClN2OS. The maximum absolute atomic E-state index is 12.5. The summed E-state index contributed by atoms with van der Waals surface area (Å²) in [5.74, 6) is -0.507. The number of hydrogen-bond acceptors (Lipinski definition) is 4. The molecule has 22 heavy (non-hydrogen) atoms. The highest BCUT2D eigenvalue weighted by Crippen LogP contribution is 2.44. The molecule has 1 aliphatic carbocycles. The van der Waals surface area contributed by atoms with Gasteiger partial charge in [0.05, 0.1) is 11.1 Å². The third-order valence-electron chi connectivity index (χ3n) is 4.16. The van der Waals surface area contributed by atoms with Crippen LogP contribution in [0, 0.1) is 17.2 Å². The van der Waals surface area contributed by atoms with Gasteiger partial charge in [-0.3, -0.25) is 4.79 Å². The van der Waals surface area contributed by atoms with Gasteiger partial charge in [0.25, 0.3) is 0 Å². The fraction of sp³-hybridized carbons (Fsp3) is 0.353. The van der Waals surface area contributed by atoms with Crippen molar-refractivity contribution in [3.05, 3.63) is 46.1 Å². The first kappa shape index (κ1) is 15.3. The van der Waals surface area contributed by atoms with E-state index in [0.717, 1.165) is 34.7 Å². The molecule has 2 aliphatic rings. The molecule has 0 radical (unpaired) electrons. The van der Waals surface area contributed by atoms with Crippen molar-refractivity contribution in [3.63, 3.8) is 0 Å². The number of carbonyl (C=O) groups is 1. The maximum atomic E-state index is 12.5. The molecule has 0 spiro atoms. The Morgan fingerprint density at radius 2 is 2.05 bits per heavy atom. The van der Waals surface area contributed by atoms with E-state index in [9.17, 15) is 10.1 Å². The summed E-state index contributed by atoms with van der Waals surface area (Å²) in [6, 6.07) is 9.79. The van der Waals surface area contributed by atoms with E-state index in [-0.39, 0.29) is 11.7 Å². The van der Waals surface area contributed by atoms with Crippen molar-refractivity contribution in [2.45, 2.75) is 25.2 Å². The largest absolute Gasteiger partial charge is 0.294 e. The Morgan fingerprint density at radius 3 is 2.68 bits per heavy atom. The van der Waals surface area contributed by atoms with Crippen LogP contribution in [-0.4, -0.2) is 17.1 Å². The zero-order valence-electron chi connectivity index (χ0n) is 12.2. The highest BCUT2D eigenvalue weighted by molar-refractivity contribution is 8.13. The van der Waals surface area contributed by atoms with Crippen LogP contribution in [0.25, 0.3) is 0 Å². The van der Waals surface area contributed by atoms with Crippen molar-refractivity contribution in [3.8, 4) is 6.07 Å². The molecule has 0 aromatic heterocycles. The summed E-state index contributed by atoms with van der Waals surface area (Å²) < 4.78 is 0. The van der Waals surface area contributed by atoms with Gasteiger partial charge in [-0.1, -0.05) is 23.7 Å². The van der Waals surface area contributed by atoms with Crippen molar-refractivity contribution >= 4 is 34.2 Å². The van der Waals surface area contributed by atoms with Crippen LogP contribution in [0.4, 0.5) is 0 Å². The number of ketones is 1. The van der Waals surface area contributed by atoms with Crippen LogP contribution in [0.1, 0.15) is 30.7 Å². The van der Waals surface area contributed by atoms with E-state index in [1.807, 2.05) is 30.5 Å². The molecule has 0 amide bonds. The number of Topliss-reactive ketones (excluding diaryl/α,β-unsaturated/α-hetero) is 1. The predicted octanol–water partition coefficient (Wildman–Crippen LogP) is 4.35. The predicted molar refractivity (Wildman–Crippen MR) is 90.1 cm³/mol. The summed E-state index contributed by atoms with van der Waals surface area (Å²) in [7, 11) is 0. The van der Waals surface area contributed by atoms with Crippen LogP contribution in [0.3, 0.4) is 0 Å². The number of hydrogen-bond donors (Lipinski definition) is 0. The molecule has 1 aromatic rings. The Bertz CT molecular complexity index is 715. The Kier molecular flexibility index (Phi) is 4.37. The van der Waals surface area contributed by atoms with Crippen LogP contribution in [0.2, 0.25) is 5.02 Å². The molecule has 2 atom stereocenters. The van der Waals surface area contributed by atoms with Crippen LogP contribution >= 0.6 is 23.4 Å². The standard InChI is InChI=1S/C17H15ClN2OS/c1-22-17-12(9-19)15(10-5-7-11(18)8-6-10)16-13(20-17)3-2-4-14(16)21/h5-8,12,15H,2-4H2,1H3/t12?,15-/m1/s1. The van der Waals surface area contributed by atoms with Crippen molar-refractivity contribution in [1.29, 1.82) is 5.26 Å². The fourth-order valence-electron chi connectivity index (χ4n) is 3.16. The molecule has 0 N–H and O–H groups in total. The number of aliphatic imine (C=N–C) groups is 1. The van der Waals surface area contributed by atoms with Crippen LogP contribution in [0.15, 0.2) is 40.5 Å². The lowest BCUT2D eigenvalue weighted by Gasteiger charge is -2.32. The zero-order chi connectivity index (χ0) is 15.7. The highest BCUT2D eigenvalue weighted by atomic mass is 35.5. The summed E-state index contributed by atoms with van der Waals surface area (Å²) in [6.07, 6.45) is 4.13. The van der Waals surface area contributed by atoms with Gasteiger partial charge in [0.15, 0.2) is 5.78 Å². The molecule has 1 aliphatic heterocycles. The van der Waals surface area contributed by atoms with E-state index < -0.39 is 5.92 Å².